The Kier molecular flexibility index (Phi) is 10.5. The molecule has 0 N–H and O–H groups in total. The molecular weight excluding hydrogens is 244 g/mol. The Morgan fingerprint density at radius 1 is 0.947 bits per heavy atom. The minimum absolute atomic E-state index is 0.0166. The normalized spacial score (nSPS) is 11.1. The van der Waals surface area contributed by atoms with Crippen LogP contribution >= 0.6 is 0 Å². The fraction of sp³-hybridized carbons (Fsp3) is 0.867. The van der Waals surface area contributed by atoms with Gasteiger partial charge in [-0.15, -0.1) is 0 Å². The van der Waals surface area contributed by atoms with Crippen LogP contribution in [0.5, 0.6) is 0 Å². The number of esters is 1. The van der Waals surface area contributed by atoms with Crippen molar-refractivity contribution in [3.05, 3.63) is 0 Å². The number of carbonyl (C=O) groups excluding carboxylic acids is 2. The summed E-state index contributed by atoms with van der Waals surface area (Å²) in [6, 6.07) is 0. The number of carbonyl (C=O) groups is 2. The second-order valence-electron chi connectivity index (χ2n) is 5.49. The summed E-state index contributed by atoms with van der Waals surface area (Å²) in [5.74, 6) is 0.457. The van der Waals surface area contributed by atoms with Gasteiger partial charge in [0, 0.05) is 18.9 Å². The summed E-state index contributed by atoms with van der Waals surface area (Å²) in [4.78, 5) is 22.6. The van der Waals surface area contributed by atoms with Crippen molar-refractivity contribution in [1.82, 2.24) is 0 Å². The predicted molar refractivity (Wildman–Crippen MR) is 74.9 cm³/mol. The topological polar surface area (TPSA) is 52.6 Å². The molecule has 0 aliphatic rings. The fourth-order valence-electron chi connectivity index (χ4n) is 1.50. The smallest absolute Gasteiger partial charge is 0.306 e. The molecule has 4 nitrogen and oxygen atoms in total. The first kappa shape index (κ1) is 18.1. The Hall–Kier alpha value is -0.900. The molecule has 0 aliphatic carbocycles. The molecule has 112 valence electrons. The molecule has 19 heavy (non-hydrogen) atoms. The lowest BCUT2D eigenvalue weighted by molar-refractivity contribution is -0.146. The molecule has 0 aromatic heterocycles. The second kappa shape index (κ2) is 11.0. The van der Waals surface area contributed by atoms with Gasteiger partial charge in [0.25, 0.3) is 0 Å². The summed E-state index contributed by atoms with van der Waals surface area (Å²) in [5.41, 5.74) is 0. The standard InChI is InChI=1S/C15H28O4/c1-12(2)6-5-9-18-10-11-19-15(17)8-7-14(16)13(3)4/h12-13H,5-11H2,1-4H3. The number of ether oxygens (including phenoxy) is 2. The molecule has 4 heteroatoms. The molecular formula is C15H28O4. The minimum atomic E-state index is -0.320. The van der Waals surface area contributed by atoms with E-state index in [9.17, 15) is 9.59 Å². The van der Waals surface area contributed by atoms with Crippen LogP contribution in [0.15, 0.2) is 0 Å². The van der Waals surface area contributed by atoms with Crippen molar-refractivity contribution in [3.8, 4) is 0 Å². The molecule has 0 fully saturated rings. The van der Waals surface area contributed by atoms with Gasteiger partial charge in [-0.2, -0.15) is 0 Å². The van der Waals surface area contributed by atoms with Gasteiger partial charge >= 0.3 is 5.97 Å². The molecule has 0 saturated carbocycles. The molecule has 0 heterocycles. The molecule has 0 atom stereocenters. The van der Waals surface area contributed by atoms with Crippen LogP contribution in [0.25, 0.3) is 0 Å². The first-order valence-corrected chi connectivity index (χ1v) is 7.19. The van der Waals surface area contributed by atoms with E-state index in [1.165, 1.54) is 0 Å². The van der Waals surface area contributed by atoms with E-state index in [-0.39, 0.29) is 37.1 Å². The Bertz CT molecular complexity index is 259. The maximum Gasteiger partial charge on any atom is 0.306 e. The van der Waals surface area contributed by atoms with Crippen molar-refractivity contribution < 1.29 is 19.1 Å². The lowest BCUT2D eigenvalue weighted by atomic mass is 10.1. The third kappa shape index (κ3) is 11.9. The lowest BCUT2D eigenvalue weighted by Crippen LogP contribution is -2.14. The monoisotopic (exact) mass is 272 g/mol. The van der Waals surface area contributed by atoms with Gasteiger partial charge in [-0.25, -0.2) is 0 Å². The van der Waals surface area contributed by atoms with Gasteiger partial charge < -0.3 is 9.47 Å². The molecule has 0 aromatic carbocycles. The van der Waals surface area contributed by atoms with E-state index in [0.717, 1.165) is 12.8 Å². The lowest BCUT2D eigenvalue weighted by Gasteiger charge is -2.07. The second-order valence-corrected chi connectivity index (χ2v) is 5.49. The highest BCUT2D eigenvalue weighted by atomic mass is 16.6. The van der Waals surface area contributed by atoms with Crippen LogP contribution in [0, 0.1) is 11.8 Å². The molecule has 0 aliphatic heterocycles. The van der Waals surface area contributed by atoms with Crippen LogP contribution < -0.4 is 0 Å². The van der Waals surface area contributed by atoms with Gasteiger partial charge in [-0.05, 0) is 18.8 Å². The van der Waals surface area contributed by atoms with Crippen LogP contribution in [0.1, 0.15) is 53.4 Å². The highest BCUT2D eigenvalue weighted by Crippen LogP contribution is 2.04. The molecule has 0 aromatic rings. The quantitative estimate of drug-likeness (QED) is 0.428. The first-order valence-electron chi connectivity index (χ1n) is 7.19. The molecule has 0 amide bonds. The fourth-order valence-corrected chi connectivity index (χ4v) is 1.50. The van der Waals surface area contributed by atoms with Crippen molar-refractivity contribution in [1.29, 1.82) is 0 Å². The van der Waals surface area contributed by atoms with Crippen molar-refractivity contribution in [2.75, 3.05) is 19.8 Å². The van der Waals surface area contributed by atoms with Crippen molar-refractivity contribution >= 4 is 11.8 Å². The summed E-state index contributed by atoms with van der Waals surface area (Å²) in [6.07, 6.45) is 2.63. The van der Waals surface area contributed by atoms with Gasteiger partial charge in [0.2, 0.25) is 0 Å². The number of rotatable bonds is 11. The van der Waals surface area contributed by atoms with Gasteiger partial charge in [-0.1, -0.05) is 27.7 Å². The number of hydrogen-bond donors (Lipinski definition) is 0. The Morgan fingerprint density at radius 3 is 2.21 bits per heavy atom. The van der Waals surface area contributed by atoms with E-state index in [2.05, 4.69) is 13.8 Å². The van der Waals surface area contributed by atoms with Gasteiger partial charge in [0.1, 0.15) is 12.4 Å². The summed E-state index contributed by atoms with van der Waals surface area (Å²) in [7, 11) is 0. The zero-order valence-electron chi connectivity index (χ0n) is 12.7. The Labute approximate surface area is 116 Å². The van der Waals surface area contributed by atoms with E-state index >= 15 is 0 Å². The van der Waals surface area contributed by atoms with Gasteiger partial charge in [0.05, 0.1) is 13.0 Å². The van der Waals surface area contributed by atoms with Gasteiger partial charge in [0.15, 0.2) is 0 Å². The maximum atomic E-state index is 11.3. The number of ketones is 1. The van der Waals surface area contributed by atoms with Gasteiger partial charge in [-0.3, -0.25) is 9.59 Å². The number of Topliss-reactive ketones (excluding diaryl/α,β-unsaturated/α-hetero) is 1. The highest BCUT2D eigenvalue weighted by molar-refractivity contribution is 5.84. The van der Waals surface area contributed by atoms with Crippen LogP contribution in [0.3, 0.4) is 0 Å². The van der Waals surface area contributed by atoms with Crippen LogP contribution in [0.2, 0.25) is 0 Å². The molecule has 0 bridgehead atoms. The summed E-state index contributed by atoms with van der Waals surface area (Å²) in [5, 5.41) is 0. The summed E-state index contributed by atoms with van der Waals surface area (Å²) < 4.78 is 10.3. The maximum absolute atomic E-state index is 11.3. The van der Waals surface area contributed by atoms with Crippen LogP contribution in [0.4, 0.5) is 0 Å². The van der Waals surface area contributed by atoms with Crippen LogP contribution in [-0.4, -0.2) is 31.6 Å². The SMILES string of the molecule is CC(C)CCCOCCOC(=O)CCC(=O)C(C)C. The molecule has 0 saturated heterocycles. The van der Waals surface area contributed by atoms with Crippen molar-refractivity contribution in [2.45, 2.75) is 53.4 Å². The van der Waals surface area contributed by atoms with E-state index in [1.54, 1.807) is 0 Å². The van der Waals surface area contributed by atoms with E-state index in [0.29, 0.717) is 19.1 Å². The van der Waals surface area contributed by atoms with E-state index in [4.69, 9.17) is 9.47 Å². The minimum Gasteiger partial charge on any atom is -0.463 e. The average molecular weight is 272 g/mol. The first-order chi connectivity index (χ1) is 8.93. The summed E-state index contributed by atoms with van der Waals surface area (Å²) >= 11 is 0. The molecule has 0 spiro atoms. The number of hydrogen-bond acceptors (Lipinski definition) is 4. The third-order valence-corrected chi connectivity index (χ3v) is 2.78. The van der Waals surface area contributed by atoms with Crippen molar-refractivity contribution in [3.63, 3.8) is 0 Å². The summed E-state index contributed by atoms with van der Waals surface area (Å²) in [6.45, 7) is 9.44. The zero-order chi connectivity index (χ0) is 14.7. The molecule has 0 radical (unpaired) electrons. The molecule has 0 rings (SSSR count). The highest BCUT2D eigenvalue weighted by Gasteiger charge is 2.10. The zero-order valence-corrected chi connectivity index (χ0v) is 12.7. The van der Waals surface area contributed by atoms with Crippen molar-refractivity contribution in [2.24, 2.45) is 11.8 Å². The Morgan fingerprint density at radius 2 is 1.63 bits per heavy atom. The van der Waals surface area contributed by atoms with E-state index < -0.39 is 0 Å². The largest absolute Gasteiger partial charge is 0.463 e. The Balaban J connectivity index is 3.37. The predicted octanol–water partition coefficient (Wildman–Crippen LogP) is 2.99. The molecule has 0 unspecified atom stereocenters. The van der Waals surface area contributed by atoms with E-state index in [1.807, 2.05) is 13.8 Å². The van der Waals surface area contributed by atoms with Crippen LogP contribution in [-0.2, 0) is 19.1 Å². The third-order valence-electron chi connectivity index (χ3n) is 2.78. The average Bonchev–Trinajstić information content (AvgIpc) is 2.34.